The van der Waals surface area contributed by atoms with Crippen molar-refractivity contribution in [3.8, 4) is 11.5 Å². The smallest absolute Gasteiger partial charge is 0.200 e. The average Bonchev–Trinajstić information content (AvgIpc) is 3.88. The second-order valence-corrected chi connectivity index (χ2v) is 20.8. The van der Waals surface area contributed by atoms with Crippen molar-refractivity contribution in [3.05, 3.63) is 119 Å². The molecule has 9 nitrogen and oxygen atoms in total. The molecular weight excluding hydrogens is 770 g/mol. The lowest BCUT2D eigenvalue weighted by molar-refractivity contribution is 0.265. The fourth-order valence-corrected chi connectivity index (χ4v) is 7.86. The van der Waals surface area contributed by atoms with Gasteiger partial charge in [0.1, 0.15) is 11.5 Å². The minimum absolute atomic E-state index is 0.00538. The summed E-state index contributed by atoms with van der Waals surface area (Å²) in [6.45, 7) is 49.6. The van der Waals surface area contributed by atoms with E-state index in [-0.39, 0.29) is 13.1 Å². The Labute approximate surface area is 370 Å². The Bertz CT molecular complexity index is 2420. The summed E-state index contributed by atoms with van der Waals surface area (Å²) in [5.74, 6) is 1.49. The maximum atomic E-state index is 4.64. The largest absolute Gasteiger partial charge is 0.318 e. The number of hydrogen-bond acceptors (Lipinski definition) is 7. The normalized spacial score (nSPS) is 14.3. The predicted octanol–water partition coefficient (Wildman–Crippen LogP) is 12.6. The molecule has 0 amide bonds. The number of nitrogens with one attached hydrogen (secondary N) is 3. The molecule has 1 atom stereocenters. The number of likely N-dealkylation sites (N-methyl/N-ethyl adjacent to an activating group) is 1. The molecule has 1 aliphatic rings. The van der Waals surface area contributed by atoms with Gasteiger partial charge in [-0.25, -0.2) is 15.0 Å². The zero-order valence-electron chi connectivity index (χ0n) is 42.4. The van der Waals surface area contributed by atoms with Crippen LogP contribution >= 0.6 is 7.92 Å². The molecule has 0 bridgehead atoms. The van der Waals surface area contributed by atoms with Crippen LogP contribution in [0.15, 0.2) is 17.7 Å². The van der Waals surface area contributed by atoms with Gasteiger partial charge in [0.2, 0.25) is 0 Å². The van der Waals surface area contributed by atoms with Gasteiger partial charge in [-0.15, -0.1) is 7.92 Å². The van der Waals surface area contributed by atoms with E-state index in [1.165, 1.54) is 89.4 Å². The molecule has 4 aromatic heterocycles. The van der Waals surface area contributed by atoms with Gasteiger partial charge in [0, 0.05) is 40.9 Å². The van der Waals surface area contributed by atoms with Crippen molar-refractivity contribution in [2.45, 2.75) is 157 Å². The molecule has 1 unspecified atom stereocenters. The van der Waals surface area contributed by atoms with Crippen molar-refractivity contribution in [2.75, 3.05) is 20.4 Å². The molecule has 1 aliphatic heterocycles. The average molecular weight is 848 g/mol. The Morgan fingerprint density at radius 1 is 0.672 bits per heavy atom. The van der Waals surface area contributed by atoms with Crippen molar-refractivity contribution in [1.82, 2.24) is 45.8 Å². The van der Waals surface area contributed by atoms with Crippen LogP contribution in [0.1, 0.15) is 143 Å². The van der Waals surface area contributed by atoms with E-state index in [4.69, 9.17) is 0 Å². The first-order chi connectivity index (χ1) is 28.2. The fourth-order valence-electron chi connectivity index (χ4n) is 7.22. The van der Waals surface area contributed by atoms with Gasteiger partial charge in [0.05, 0.1) is 17.1 Å². The van der Waals surface area contributed by atoms with Crippen LogP contribution in [-0.4, -0.2) is 66.8 Å². The third-order valence-electron chi connectivity index (χ3n) is 13.8. The van der Waals surface area contributed by atoms with Crippen molar-refractivity contribution >= 4 is 19.2 Å². The van der Waals surface area contributed by atoms with Gasteiger partial charge in [-0.3, -0.25) is 15.2 Å². The van der Waals surface area contributed by atoms with Crippen LogP contribution in [0.5, 0.6) is 0 Å². The van der Waals surface area contributed by atoms with Gasteiger partial charge in [0.15, 0.2) is 5.82 Å². The van der Waals surface area contributed by atoms with Crippen LogP contribution in [0, 0.1) is 104 Å². The summed E-state index contributed by atoms with van der Waals surface area (Å²) in [6.07, 6.45) is 2.11. The highest BCUT2D eigenvalue weighted by atomic mass is 31.1. The third kappa shape index (κ3) is 11.1. The van der Waals surface area contributed by atoms with E-state index in [0.29, 0.717) is 11.9 Å². The summed E-state index contributed by atoms with van der Waals surface area (Å²) in [7, 11) is 2.10. The monoisotopic (exact) mass is 848 g/mol. The summed E-state index contributed by atoms with van der Waals surface area (Å²) in [6, 6.07) is 2.77. The quantitative estimate of drug-likeness (QED) is 0.151. The highest BCUT2D eigenvalue weighted by Gasteiger charge is 2.29. The summed E-state index contributed by atoms with van der Waals surface area (Å²) in [4.78, 5) is 13.5. The first-order valence-electron chi connectivity index (χ1n) is 21.6. The zero-order valence-corrected chi connectivity index (χ0v) is 43.3. The molecule has 332 valence electrons. The van der Waals surface area contributed by atoms with Gasteiger partial charge in [-0.2, -0.15) is 10.2 Å². The fraction of sp³-hybridized carbons (Fsp3) is 0.510. The Morgan fingerprint density at radius 2 is 1.21 bits per heavy atom. The van der Waals surface area contributed by atoms with Crippen LogP contribution in [0.4, 0.5) is 0 Å². The Hall–Kier alpha value is -4.46. The number of H-pyrrole nitrogens is 2. The van der Waals surface area contributed by atoms with Gasteiger partial charge >= 0.3 is 0 Å². The molecule has 3 N–H and O–H groups in total. The minimum atomic E-state index is -0.00538. The van der Waals surface area contributed by atoms with Crippen molar-refractivity contribution in [2.24, 2.45) is 0 Å². The standard InChI is InChI=1S/C16H24N2.C13H19N.C12H16N4.C10H19N2P/c1-9-8-15(12(4)11(3)10(9)2)16-13(5)14(6)18(7)17-16;1-7-8(2)13-11(5)9(3)10(4)12(6)14-13;1-6-7(2)9(4)13-11(8(6)3)12-14-10(5)15-16-12;1-7-8(2)11-12-9(7)10(3,4)13(5)6/h8,14,17H,1-7H3;7H,1-6H3;1-5H3,(H,14,15,16);1-6H3,(H,11,12)/b;8-7+;;. The molecular formula is C51H78N9P. The molecule has 0 aliphatic carbocycles. The third-order valence-corrected chi connectivity index (χ3v) is 16.3. The lowest BCUT2D eigenvalue weighted by atomic mass is 9.91. The van der Waals surface area contributed by atoms with Crippen LogP contribution in [0.25, 0.3) is 22.8 Å². The molecule has 61 heavy (non-hydrogen) atoms. The number of aryl methyl sites for hydroxylation is 5. The van der Waals surface area contributed by atoms with Crippen molar-refractivity contribution < 1.29 is 0 Å². The minimum Gasteiger partial charge on any atom is -0.318 e. The van der Waals surface area contributed by atoms with E-state index in [1.54, 1.807) is 0 Å². The predicted molar refractivity (Wildman–Crippen MR) is 264 cm³/mol. The number of hydrazine groups is 1. The molecule has 10 heteroatoms. The number of nitrogens with zero attached hydrogens (tertiary/aromatic N) is 6. The molecule has 5 aromatic rings. The first-order valence-corrected chi connectivity index (χ1v) is 23.8. The van der Waals surface area contributed by atoms with Crippen molar-refractivity contribution in [3.63, 3.8) is 0 Å². The molecule has 0 saturated carbocycles. The van der Waals surface area contributed by atoms with Crippen molar-refractivity contribution in [1.29, 1.82) is 0 Å². The summed E-state index contributed by atoms with van der Waals surface area (Å²) < 4.78 is 0. The highest BCUT2D eigenvalue weighted by molar-refractivity contribution is 7.57. The lowest BCUT2D eigenvalue weighted by Crippen LogP contribution is -2.33. The lowest BCUT2D eigenvalue weighted by Gasteiger charge is -2.28. The number of allylic oxidation sites excluding steroid dienone is 2. The molecule has 0 fully saturated rings. The number of rotatable bonds is 5. The van der Waals surface area contributed by atoms with Crippen LogP contribution in [-0.2, 0) is 5.16 Å². The Balaban J connectivity index is 0.000000219. The second-order valence-electron chi connectivity index (χ2n) is 17.9. The molecule has 5 heterocycles. The van der Waals surface area contributed by atoms with Gasteiger partial charge < -0.3 is 5.43 Å². The van der Waals surface area contributed by atoms with Gasteiger partial charge in [-0.05, 0) is 223 Å². The number of benzene rings is 1. The van der Waals surface area contributed by atoms with E-state index in [0.717, 1.165) is 34.2 Å². The summed E-state index contributed by atoms with van der Waals surface area (Å²) in [5, 5.41) is 16.9. The molecule has 0 saturated heterocycles. The Kier molecular flexibility index (Phi) is 17.2. The van der Waals surface area contributed by atoms with Crippen LogP contribution < -0.4 is 5.43 Å². The van der Waals surface area contributed by atoms with E-state index in [9.17, 15) is 0 Å². The topological polar surface area (TPSA) is 111 Å². The number of hydrogen-bond donors (Lipinski definition) is 3. The number of aromatic nitrogens is 7. The van der Waals surface area contributed by atoms with Crippen LogP contribution in [0.3, 0.4) is 0 Å². The molecule has 1 aromatic carbocycles. The molecule has 6 rings (SSSR count). The van der Waals surface area contributed by atoms with Gasteiger partial charge in [-0.1, -0.05) is 19.9 Å². The SMILES string of the molecule is C/C=C(\C)c1nc(C)c(C)c(C)c1C.CC1=C(c2cc(C)c(C)c(C)c2C)NN(C)C1C.Cc1[nH]nc(C(C)(C)P(C)C)c1C.Cc1nc(-c2nc(C)c(C)c(C)c2C)n[nH]1. The van der Waals surface area contributed by atoms with Crippen LogP contribution in [0.2, 0.25) is 0 Å². The summed E-state index contributed by atoms with van der Waals surface area (Å²) >= 11 is 0. The highest BCUT2D eigenvalue weighted by Crippen LogP contribution is 2.50. The van der Waals surface area contributed by atoms with E-state index < -0.39 is 0 Å². The molecule has 0 radical (unpaired) electrons. The van der Waals surface area contributed by atoms with E-state index in [1.807, 2.05) is 13.8 Å². The van der Waals surface area contributed by atoms with Gasteiger partial charge in [0.25, 0.3) is 0 Å². The Morgan fingerprint density at radius 3 is 1.67 bits per heavy atom. The summed E-state index contributed by atoms with van der Waals surface area (Å²) in [5.41, 5.74) is 30.0. The zero-order chi connectivity index (χ0) is 46.6. The first kappa shape index (κ1) is 50.9. The molecule has 0 spiro atoms. The van der Waals surface area contributed by atoms with E-state index >= 15 is 0 Å². The van der Waals surface area contributed by atoms with E-state index in [2.05, 4.69) is 210 Å². The number of pyridine rings is 2. The number of aromatic amines is 2. The maximum Gasteiger partial charge on any atom is 0.200 e. The maximum absolute atomic E-state index is 4.64. The second kappa shape index (κ2) is 20.6.